The Kier molecular flexibility index (Phi) is 3.38. The van der Waals surface area contributed by atoms with Gasteiger partial charge < -0.3 is 5.11 Å². The fraction of sp³-hybridized carbons (Fsp3) is 0.938. The van der Waals surface area contributed by atoms with E-state index in [9.17, 15) is 9.90 Å². The Morgan fingerprint density at radius 1 is 0.944 bits per heavy atom. The lowest BCUT2D eigenvalue weighted by Gasteiger charge is -2.50. The lowest BCUT2D eigenvalue weighted by molar-refractivity contribution is -0.149. The van der Waals surface area contributed by atoms with Gasteiger partial charge in [-0.3, -0.25) is 4.79 Å². The van der Waals surface area contributed by atoms with Crippen molar-refractivity contribution in [3.8, 4) is 0 Å². The Balaban J connectivity index is 1.76. The molecule has 3 saturated carbocycles. The number of hydrogen-bond acceptors (Lipinski definition) is 1. The molecule has 3 rings (SSSR count). The largest absolute Gasteiger partial charge is 0.481 e. The smallest absolute Gasteiger partial charge is 0.306 e. The molecule has 0 spiro atoms. The molecule has 0 radical (unpaired) electrons. The van der Waals surface area contributed by atoms with Crippen LogP contribution in [-0.2, 0) is 4.79 Å². The first-order valence-corrected chi connectivity index (χ1v) is 7.89. The molecule has 18 heavy (non-hydrogen) atoms. The van der Waals surface area contributed by atoms with E-state index in [1.807, 2.05) is 0 Å². The molecule has 0 aromatic heterocycles. The molecule has 2 nitrogen and oxygen atoms in total. The van der Waals surface area contributed by atoms with Gasteiger partial charge in [-0.1, -0.05) is 19.8 Å². The average Bonchev–Trinajstić information content (AvgIpc) is 2.37. The molecule has 0 saturated heterocycles. The van der Waals surface area contributed by atoms with Crippen molar-refractivity contribution in [3.05, 3.63) is 0 Å². The standard InChI is InChI=1S/C16H26O2/c1-10-5-7-12-11(9-10)6-8-14-13(12)3-2-4-15(14)16(17)18/h10-15H,2-9H2,1H3,(H,17,18). The third-order valence-corrected chi connectivity index (χ3v) is 6.16. The molecule has 3 aliphatic carbocycles. The molecule has 0 aromatic carbocycles. The van der Waals surface area contributed by atoms with Gasteiger partial charge in [-0.05, 0) is 68.1 Å². The highest BCUT2D eigenvalue weighted by molar-refractivity contribution is 5.70. The highest BCUT2D eigenvalue weighted by Gasteiger charge is 2.47. The minimum atomic E-state index is -0.521. The summed E-state index contributed by atoms with van der Waals surface area (Å²) in [7, 11) is 0. The van der Waals surface area contributed by atoms with Crippen molar-refractivity contribution in [1.82, 2.24) is 0 Å². The van der Waals surface area contributed by atoms with E-state index in [0.717, 1.165) is 36.5 Å². The van der Waals surface area contributed by atoms with Crippen molar-refractivity contribution in [2.24, 2.45) is 35.5 Å². The van der Waals surface area contributed by atoms with E-state index in [0.29, 0.717) is 5.92 Å². The predicted molar refractivity (Wildman–Crippen MR) is 71.2 cm³/mol. The lowest BCUT2D eigenvalue weighted by atomic mass is 9.54. The monoisotopic (exact) mass is 250 g/mol. The summed E-state index contributed by atoms with van der Waals surface area (Å²) < 4.78 is 0. The molecular formula is C16H26O2. The maximum absolute atomic E-state index is 11.4. The van der Waals surface area contributed by atoms with Gasteiger partial charge in [0.15, 0.2) is 0 Å². The third-order valence-electron chi connectivity index (χ3n) is 6.16. The maximum atomic E-state index is 11.4. The molecule has 1 N–H and O–H groups in total. The number of hydrogen-bond donors (Lipinski definition) is 1. The van der Waals surface area contributed by atoms with Crippen LogP contribution in [0.1, 0.15) is 58.3 Å². The fourth-order valence-electron chi connectivity index (χ4n) is 5.38. The zero-order chi connectivity index (χ0) is 12.7. The Morgan fingerprint density at radius 2 is 1.72 bits per heavy atom. The van der Waals surface area contributed by atoms with Gasteiger partial charge in [-0.15, -0.1) is 0 Å². The minimum absolute atomic E-state index is 0.0240. The average molecular weight is 250 g/mol. The van der Waals surface area contributed by atoms with Crippen molar-refractivity contribution in [1.29, 1.82) is 0 Å². The summed E-state index contributed by atoms with van der Waals surface area (Å²) in [5, 5.41) is 9.42. The van der Waals surface area contributed by atoms with Gasteiger partial charge in [0.2, 0.25) is 0 Å². The van der Waals surface area contributed by atoms with Crippen LogP contribution in [0.15, 0.2) is 0 Å². The number of aliphatic carboxylic acids is 1. The molecule has 0 heterocycles. The first kappa shape index (κ1) is 12.5. The Bertz CT molecular complexity index is 325. The summed E-state index contributed by atoms with van der Waals surface area (Å²) in [6.45, 7) is 2.39. The van der Waals surface area contributed by atoms with Gasteiger partial charge in [-0.25, -0.2) is 0 Å². The van der Waals surface area contributed by atoms with Crippen molar-refractivity contribution in [2.45, 2.75) is 58.3 Å². The van der Waals surface area contributed by atoms with Crippen molar-refractivity contribution in [3.63, 3.8) is 0 Å². The molecule has 0 aromatic rings. The van der Waals surface area contributed by atoms with E-state index in [-0.39, 0.29) is 5.92 Å². The second kappa shape index (κ2) is 4.86. The number of carboxylic acid groups (broad SMARTS) is 1. The molecule has 3 fully saturated rings. The number of carboxylic acids is 1. The van der Waals surface area contributed by atoms with Crippen LogP contribution in [0, 0.1) is 35.5 Å². The van der Waals surface area contributed by atoms with E-state index in [1.165, 1.54) is 38.5 Å². The van der Waals surface area contributed by atoms with E-state index < -0.39 is 5.97 Å². The maximum Gasteiger partial charge on any atom is 0.306 e. The van der Waals surface area contributed by atoms with Gasteiger partial charge >= 0.3 is 5.97 Å². The minimum Gasteiger partial charge on any atom is -0.481 e. The molecule has 102 valence electrons. The molecule has 0 amide bonds. The Morgan fingerprint density at radius 3 is 2.50 bits per heavy atom. The van der Waals surface area contributed by atoms with Crippen LogP contribution < -0.4 is 0 Å². The van der Waals surface area contributed by atoms with Crippen LogP contribution in [-0.4, -0.2) is 11.1 Å². The second-order valence-corrected chi connectivity index (χ2v) is 7.12. The fourth-order valence-corrected chi connectivity index (χ4v) is 5.38. The first-order chi connectivity index (χ1) is 8.66. The Hall–Kier alpha value is -0.530. The van der Waals surface area contributed by atoms with Gasteiger partial charge in [0.05, 0.1) is 5.92 Å². The third kappa shape index (κ3) is 2.08. The molecule has 0 bridgehead atoms. The van der Waals surface area contributed by atoms with Crippen molar-refractivity contribution >= 4 is 5.97 Å². The van der Waals surface area contributed by atoms with Crippen LogP contribution >= 0.6 is 0 Å². The summed E-state index contributed by atoms with van der Waals surface area (Å²) in [4.78, 5) is 11.4. The highest BCUT2D eigenvalue weighted by Crippen LogP contribution is 2.53. The summed E-state index contributed by atoms with van der Waals surface area (Å²) in [5.41, 5.74) is 0. The van der Waals surface area contributed by atoms with Crippen molar-refractivity contribution < 1.29 is 9.90 Å². The molecule has 0 aliphatic heterocycles. The highest BCUT2D eigenvalue weighted by atomic mass is 16.4. The predicted octanol–water partition coefficient (Wildman–Crippen LogP) is 3.95. The van der Waals surface area contributed by atoms with E-state index in [1.54, 1.807) is 0 Å². The molecule has 6 atom stereocenters. The molecule has 6 unspecified atom stereocenters. The number of fused-ring (bicyclic) bond motifs is 3. The van der Waals surface area contributed by atoms with Gasteiger partial charge in [0, 0.05) is 0 Å². The van der Waals surface area contributed by atoms with E-state index >= 15 is 0 Å². The normalized spacial score (nSPS) is 48.1. The summed E-state index contributed by atoms with van der Waals surface area (Å²) in [5.74, 6) is 3.39. The van der Waals surface area contributed by atoms with Crippen LogP contribution in [0.4, 0.5) is 0 Å². The Labute approximate surface area is 110 Å². The topological polar surface area (TPSA) is 37.3 Å². The zero-order valence-electron chi connectivity index (χ0n) is 11.5. The first-order valence-electron chi connectivity index (χ1n) is 7.89. The van der Waals surface area contributed by atoms with Crippen LogP contribution in [0.3, 0.4) is 0 Å². The van der Waals surface area contributed by atoms with E-state index in [4.69, 9.17) is 0 Å². The summed E-state index contributed by atoms with van der Waals surface area (Å²) in [6.07, 6.45) is 10.0. The van der Waals surface area contributed by atoms with Crippen LogP contribution in [0.5, 0.6) is 0 Å². The van der Waals surface area contributed by atoms with E-state index in [2.05, 4.69) is 6.92 Å². The molecule has 2 heteroatoms. The zero-order valence-corrected chi connectivity index (χ0v) is 11.5. The summed E-state index contributed by atoms with van der Waals surface area (Å²) >= 11 is 0. The summed E-state index contributed by atoms with van der Waals surface area (Å²) in [6, 6.07) is 0. The quantitative estimate of drug-likeness (QED) is 0.765. The number of carbonyl (C=O) groups is 1. The van der Waals surface area contributed by atoms with Crippen LogP contribution in [0.25, 0.3) is 0 Å². The lowest BCUT2D eigenvalue weighted by Crippen LogP contribution is -2.44. The van der Waals surface area contributed by atoms with Gasteiger partial charge in [0.1, 0.15) is 0 Å². The van der Waals surface area contributed by atoms with Crippen molar-refractivity contribution in [2.75, 3.05) is 0 Å². The molecule has 3 aliphatic rings. The van der Waals surface area contributed by atoms with Gasteiger partial charge in [0.25, 0.3) is 0 Å². The second-order valence-electron chi connectivity index (χ2n) is 7.12. The van der Waals surface area contributed by atoms with Crippen LogP contribution in [0.2, 0.25) is 0 Å². The molecular weight excluding hydrogens is 224 g/mol. The van der Waals surface area contributed by atoms with Gasteiger partial charge in [-0.2, -0.15) is 0 Å². The number of rotatable bonds is 1. The SMILES string of the molecule is CC1CCC2C(CCC3C(C(=O)O)CCCC23)C1.